The van der Waals surface area contributed by atoms with E-state index in [4.69, 9.17) is 9.47 Å². The lowest BCUT2D eigenvalue weighted by molar-refractivity contribution is 0.354. The van der Waals surface area contributed by atoms with Gasteiger partial charge in [0, 0.05) is 20.5 Å². The molecule has 0 aliphatic heterocycles. The number of hydrazone groups is 1. The highest BCUT2D eigenvalue weighted by Gasteiger charge is 2.11. The van der Waals surface area contributed by atoms with Gasteiger partial charge in [-0.25, -0.2) is 4.98 Å². The van der Waals surface area contributed by atoms with Crippen LogP contribution in [0, 0.1) is 6.92 Å². The van der Waals surface area contributed by atoms with Crippen molar-refractivity contribution in [2.24, 2.45) is 5.10 Å². The van der Waals surface area contributed by atoms with Crippen molar-refractivity contribution in [2.75, 3.05) is 19.6 Å². The number of thiazole rings is 1. The molecule has 0 saturated carbocycles. The van der Waals surface area contributed by atoms with Crippen LogP contribution in [-0.2, 0) is 0 Å². The fourth-order valence-corrected chi connectivity index (χ4v) is 3.76. The number of hydrogen-bond acceptors (Lipinski definition) is 6. The minimum atomic E-state index is 0.626. The number of halogens is 1. The lowest BCUT2D eigenvalue weighted by Crippen LogP contribution is -1.97. The van der Waals surface area contributed by atoms with E-state index in [1.54, 1.807) is 31.8 Å². The highest BCUT2D eigenvalue weighted by Crippen LogP contribution is 2.34. The molecule has 0 amide bonds. The van der Waals surface area contributed by atoms with Crippen LogP contribution in [0.2, 0.25) is 0 Å². The zero-order valence-electron chi connectivity index (χ0n) is 14.6. The maximum atomic E-state index is 5.43. The number of hydrogen-bond donors (Lipinski definition) is 1. The summed E-state index contributed by atoms with van der Waals surface area (Å²) in [5, 5.41) is 5.04. The Morgan fingerprint density at radius 1 is 1.15 bits per heavy atom. The summed E-state index contributed by atoms with van der Waals surface area (Å²) in [6.07, 6.45) is 1.69. The Bertz CT molecular complexity index is 926. The summed E-state index contributed by atoms with van der Waals surface area (Å²) in [5.74, 6) is 1.27. The van der Waals surface area contributed by atoms with Crippen LogP contribution in [0.3, 0.4) is 0 Å². The second-order valence-electron chi connectivity index (χ2n) is 5.39. The summed E-state index contributed by atoms with van der Waals surface area (Å²) >= 11 is 5.03. The molecule has 0 radical (unpaired) electrons. The predicted molar refractivity (Wildman–Crippen MR) is 111 cm³/mol. The van der Waals surface area contributed by atoms with E-state index >= 15 is 0 Å². The summed E-state index contributed by atoms with van der Waals surface area (Å²) in [6, 6.07) is 13.9. The Morgan fingerprint density at radius 2 is 1.92 bits per heavy atom. The molecule has 3 aromatic rings. The van der Waals surface area contributed by atoms with E-state index in [1.165, 1.54) is 0 Å². The molecule has 0 atom stereocenters. The highest BCUT2D eigenvalue weighted by atomic mass is 79.9. The van der Waals surface area contributed by atoms with E-state index < -0.39 is 0 Å². The third-order valence-electron chi connectivity index (χ3n) is 3.68. The first-order chi connectivity index (χ1) is 12.6. The Hall–Kier alpha value is -2.38. The Labute approximate surface area is 164 Å². The number of nitrogens with zero attached hydrogens (tertiary/aromatic N) is 2. The minimum absolute atomic E-state index is 0.626. The molecule has 0 spiro atoms. The number of aryl methyl sites for hydroxylation is 1. The first-order valence-electron chi connectivity index (χ1n) is 7.86. The molecule has 0 aliphatic rings. The van der Waals surface area contributed by atoms with E-state index in [1.807, 2.05) is 42.5 Å². The van der Waals surface area contributed by atoms with Crippen molar-refractivity contribution < 1.29 is 9.47 Å². The van der Waals surface area contributed by atoms with Gasteiger partial charge in [0.15, 0.2) is 11.5 Å². The van der Waals surface area contributed by atoms with E-state index in [9.17, 15) is 0 Å². The Kier molecular flexibility index (Phi) is 5.90. The molecule has 2 aromatic carbocycles. The predicted octanol–water partition coefficient (Wildman–Crippen LogP) is 5.34. The third kappa shape index (κ3) is 4.05. The molecule has 26 heavy (non-hydrogen) atoms. The number of nitrogens with one attached hydrogen (secondary N) is 1. The van der Waals surface area contributed by atoms with Gasteiger partial charge in [-0.2, -0.15) is 5.10 Å². The van der Waals surface area contributed by atoms with Crippen LogP contribution in [0.25, 0.3) is 11.3 Å². The van der Waals surface area contributed by atoms with Crippen molar-refractivity contribution in [1.29, 1.82) is 0 Å². The number of methoxy groups -OCH3 is 2. The van der Waals surface area contributed by atoms with Gasteiger partial charge >= 0.3 is 0 Å². The molecular weight excluding hydrogens is 414 g/mol. The molecular formula is C19H18BrN3O2S. The molecule has 1 N–H and O–H groups in total. The number of benzene rings is 2. The number of rotatable bonds is 6. The van der Waals surface area contributed by atoms with Gasteiger partial charge in [-0.1, -0.05) is 46.3 Å². The first kappa shape index (κ1) is 18.4. The fourth-order valence-electron chi connectivity index (χ4n) is 2.52. The van der Waals surface area contributed by atoms with Gasteiger partial charge in [-0.3, -0.25) is 5.43 Å². The fraction of sp³-hybridized carbons (Fsp3) is 0.158. The second kappa shape index (κ2) is 8.33. The van der Waals surface area contributed by atoms with E-state index in [-0.39, 0.29) is 0 Å². The van der Waals surface area contributed by atoms with Crippen LogP contribution in [0.4, 0.5) is 5.13 Å². The topological polar surface area (TPSA) is 55.7 Å². The van der Waals surface area contributed by atoms with Crippen LogP contribution in [0.5, 0.6) is 11.5 Å². The van der Waals surface area contributed by atoms with Gasteiger partial charge in [0.05, 0.1) is 26.1 Å². The van der Waals surface area contributed by atoms with Gasteiger partial charge in [0.2, 0.25) is 5.13 Å². The maximum Gasteiger partial charge on any atom is 0.204 e. The maximum absolute atomic E-state index is 5.43. The third-order valence-corrected chi connectivity index (χ3v) is 5.01. The number of ether oxygens (including phenoxy) is 2. The van der Waals surface area contributed by atoms with Crippen molar-refractivity contribution in [3.05, 3.63) is 57.4 Å². The molecule has 134 valence electrons. The second-order valence-corrected chi connectivity index (χ2v) is 7.51. The van der Waals surface area contributed by atoms with Gasteiger partial charge in [-0.05, 0) is 19.1 Å². The quantitative estimate of drug-likeness (QED) is 0.422. The summed E-state index contributed by atoms with van der Waals surface area (Å²) < 4.78 is 11.7. The minimum Gasteiger partial charge on any atom is -0.493 e. The monoisotopic (exact) mass is 431 g/mol. The Balaban J connectivity index is 1.81. The van der Waals surface area contributed by atoms with Crippen LogP contribution in [0.1, 0.15) is 10.4 Å². The molecule has 0 fully saturated rings. The normalized spacial score (nSPS) is 10.9. The van der Waals surface area contributed by atoms with Crippen molar-refractivity contribution in [1.82, 2.24) is 4.98 Å². The summed E-state index contributed by atoms with van der Waals surface area (Å²) in [5.41, 5.74) is 5.85. The SMILES string of the molecule is COc1cc(Br)cc(/C=N\Nc2nc(-c3ccccc3)c(C)s2)c1OC. The van der Waals surface area contributed by atoms with E-state index in [2.05, 4.69) is 38.4 Å². The molecule has 7 heteroatoms. The van der Waals surface area contributed by atoms with E-state index in [0.717, 1.165) is 31.3 Å². The van der Waals surface area contributed by atoms with Crippen molar-refractivity contribution in [2.45, 2.75) is 6.92 Å². The van der Waals surface area contributed by atoms with Crippen molar-refractivity contribution in [3.8, 4) is 22.8 Å². The molecule has 3 rings (SSSR count). The zero-order chi connectivity index (χ0) is 18.5. The standard InChI is InChI=1S/C19H18BrN3O2S/c1-12-17(13-7-5-4-6-8-13)22-19(26-12)23-21-11-14-9-15(20)10-16(24-2)18(14)25-3/h4-11H,1-3H3,(H,22,23)/b21-11-. The molecule has 1 heterocycles. The molecule has 0 aliphatic carbocycles. The molecule has 5 nitrogen and oxygen atoms in total. The molecule has 0 bridgehead atoms. The molecule has 1 aromatic heterocycles. The number of aromatic nitrogens is 1. The summed E-state index contributed by atoms with van der Waals surface area (Å²) in [6.45, 7) is 2.05. The molecule has 0 saturated heterocycles. The van der Waals surface area contributed by atoms with Crippen LogP contribution in [-0.4, -0.2) is 25.4 Å². The first-order valence-corrected chi connectivity index (χ1v) is 9.46. The van der Waals surface area contributed by atoms with Gasteiger partial charge in [0.1, 0.15) is 0 Å². The van der Waals surface area contributed by atoms with Crippen LogP contribution < -0.4 is 14.9 Å². The lowest BCUT2D eigenvalue weighted by atomic mass is 10.1. The highest BCUT2D eigenvalue weighted by molar-refractivity contribution is 9.10. The summed E-state index contributed by atoms with van der Waals surface area (Å²) in [4.78, 5) is 5.77. The van der Waals surface area contributed by atoms with Gasteiger partial charge < -0.3 is 9.47 Å². The van der Waals surface area contributed by atoms with Crippen LogP contribution >= 0.6 is 27.3 Å². The summed E-state index contributed by atoms with van der Waals surface area (Å²) in [7, 11) is 3.21. The number of anilines is 1. The zero-order valence-corrected chi connectivity index (χ0v) is 17.0. The average molecular weight is 432 g/mol. The smallest absolute Gasteiger partial charge is 0.204 e. The van der Waals surface area contributed by atoms with Crippen molar-refractivity contribution >= 4 is 38.6 Å². The lowest BCUT2D eigenvalue weighted by Gasteiger charge is -2.10. The molecule has 0 unspecified atom stereocenters. The Morgan fingerprint density at radius 3 is 2.62 bits per heavy atom. The average Bonchev–Trinajstić information content (AvgIpc) is 3.02. The van der Waals surface area contributed by atoms with Gasteiger partial charge in [0.25, 0.3) is 0 Å². The largest absolute Gasteiger partial charge is 0.493 e. The van der Waals surface area contributed by atoms with Crippen LogP contribution in [0.15, 0.2) is 52.0 Å². The van der Waals surface area contributed by atoms with Crippen molar-refractivity contribution in [3.63, 3.8) is 0 Å². The van der Waals surface area contributed by atoms with Gasteiger partial charge in [-0.15, -0.1) is 11.3 Å². The van der Waals surface area contributed by atoms with E-state index in [0.29, 0.717) is 11.5 Å².